The van der Waals surface area contributed by atoms with E-state index >= 15 is 0 Å². The number of nitrogens with two attached hydrogens (primary N) is 1. The van der Waals surface area contributed by atoms with E-state index in [1.54, 1.807) is 20.0 Å². The van der Waals surface area contributed by atoms with Crippen LogP contribution in [0.4, 0.5) is 0 Å². The molecule has 8 N–H and O–H groups in total. The van der Waals surface area contributed by atoms with Crippen molar-refractivity contribution in [1.29, 1.82) is 0 Å². The number of piperidine rings is 1. The number of nitrogens with zero attached hydrogens (tertiary/aromatic N) is 1. The maximum atomic E-state index is 11.9. The number of carbonyl (C=O) groups is 1. The van der Waals surface area contributed by atoms with Crippen LogP contribution < -0.4 is 26.4 Å². The third kappa shape index (κ3) is 11.6. The number of carbonyl (C=O) groups excluding carboxylic acids is 1. The van der Waals surface area contributed by atoms with Crippen molar-refractivity contribution in [3.05, 3.63) is 23.8 Å². The van der Waals surface area contributed by atoms with E-state index < -0.39 is 18.3 Å². The molecule has 1 aromatic carbocycles. The number of hydrogen-bond donors (Lipinski definition) is 7. The predicted octanol–water partition coefficient (Wildman–Crippen LogP) is 1.68. The van der Waals surface area contributed by atoms with Crippen LogP contribution in [0.5, 0.6) is 11.5 Å². The number of phenols is 1. The average Bonchev–Trinajstić information content (AvgIpc) is 2.96. The van der Waals surface area contributed by atoms with Crippen molar-refractivity contribution in [3.8, 4) is 11.5 Å². The predicted molar refractivity (Wildman–Crippen MR) is 164 cm³/mol. The molecule has 3 rings (SSSR count). The molecule has 2 aliphatic rings. The van der Waals surface area contributed by atoms with Gasteiger partial charge in [0.15, 0.2) is 17.5 Å². The fraction of sp³-hybridized carbons (Fsp3) is 0.742. The number of guanidine groups is 1. The van der Waals surface area contributed by atoms with Gasteiger partial charge in [-0.1, -0.05) is 6.07 Å². The van der Waals surface area contributed by atoms with Crippen molar-refractivity contribution in [1.82, 2.24) is 16.0 Å². The van der Waals surface area contributed by atoms with E-state index in [1.165, 1.54) is 6.92 Å². The Morgan fingerprint density at radius 1 is 1.17 bits per heavy atom. The van der Waals surface area contributed by atoms with Gasteiger partial charge in [-0.2, -0.15) is 0 Å². The SMILES string of the molecule is CN=C(N)NCC1CC(C(O)CC(CCc2ccc(O)c(OC3CCNCC3)c2)OC(C)=O)CCC1CNCC(C)O. The molecule has 11 heteroatoms. The minimum absolute atomic E-state index is 0.0707. The smallest absolute Gasteiger partial charge is 0.302 e. The molecule has 0 spiro atoms. The van der Waals surface area contributed by atoms with Crippen LogP contribution in [0.15, 0.2) is 23.2 Å². The van der Waals surface area contributed by atoms with Gasteiger partial charge in [-0.05, 0) is 107 Å². The fourth-order valence-corrected chi connectivity index (χ4v) is 6.17. The second-order valence-corrected chi connectivity index (χ2v) is 12.0. The summed E-state index contributed by atoms with van der Waals surface area (Å²) in [5.41, 5.74) is 6.88. The molecule has 1 saturated heterocycles. The zero-order valence-electron chi connectivity index (χ0n) is 25.6. The van der Waals surface area contributed by atoms with E-state index in [1.807, 2.05) is 12.1 Å². The summed E-state index contributed by atoms with van der Waals surface area (Å²) in [7, 11) is 1.65. The number of aliphatic imine (C=N–C) groups is 1. The van der Waals surface area contributed by atoms with Crippen LogP contribution in [-0.2, 0) is 16.0 Å². The second kappa shape index (κ2) is 17.5. The van der Waals surface area contributed by atoms with Crippen LogP contribution >= 0.6 is 0 Å². The number of phenolic OH excluding ortho intramolecular Hbond substituents is 1. The summed E-state index contributed by atoms with van der Waals surface area (Å²) in [6, 6.07) is 5.39. The number of aryl methyl sites for hydroxylation is 1. The average molecular weight is 592 g/mol. The maximum Gasteiger partial charge on any atom is 0.302 e. The fourth-order valence-electron chi connectivity index (χ4n) is 6.17. The highest BCUT2D eigenvalue weighted by molar-refractivity contribution is 5.77. The first-order valence-corrected chi connectivity index (χ1v) is 15.5. The van der Waals surface area contributed by atoms with Crippen molar-refractivity contribution in [3.63, 3.8) is 0 Å². The van der Waals surface area contributed by atoms with E-state index in [0.29, 0.717) is 50.0 Å². The third-order valence-electron chi connectivity index (χ3n) is 8.55. The van der Waals surface area contributed by atoms with E-state index in [-0.39, 0.29) is 29.7 Å². The first-order valence-electron chi connectivity index (χ1n) is 15.5. The number of aliphatic hydroxyl groups is 2. The number of benzene rings is 1. The molecule has 11 nitrogen and oxygen atoms in total. The van der Waals surface area contributed by atoms with Gasteiger partial charge in [0.2, 0.25) is 0 Å². The van der Waals surface area contributed by atoms with E-state index in [9.17, 15) is 20.1 Å². The maximum absolute atomic E-state index is 11.9. The molecular formula is C31H53N5O6. The van der Waals surface area contributed by atoms with Crippen LogP contribution in [0.2, 0.25) is 0 Å². The summed E-state index contributed by atoms with van der Waals surface area (Å²) >= 11 is 0. The second-order valence-electron chi connectivity index (χ2n) is 12.0. The van der Waals surface area contributed by atoms with Crippen LogP contribution in [-0.4, -0.2) is 91.4 Å². The molecule has 6 atom stereocenters. The Morgan fingerprint density at radius 2 is 1.93 bits per heavy atom. The van der Waals surface area contributed by atoms with Gasteiger partial charge in [-0.25, -0.2) is 0 Å². The van der Waals surface area contributed by atoms with Gasteiger partial charge in [-0.15, -0.1) is 0 Å². The van der Waals surface area contributed by atoms with Gasteiger partial charge < -0.3 is 46.5 Å². The molecule has 1 heterocycles. The van der Waals surface area contributed by atoms with E-state index in [0.717, 1.165) is 57.3 Å². The quantitative estimate of drug-likeness (QED) is 0.0904. The number of aliphatic hydroxyl groups excluding tert-OH is 2. The van der Waals surface area contributed by atoms with Crippen molar-refractivity contribution in [2.45, 2.75) is 89.6 Å². The summed E-state index contributed by atoms with van der Waals surface area (Å²) in [5, 5.41) is 41.2. The highest BCUT2D eigenvalue weighted by atomic mass is 16.5. The number of ether oxygens (including phenoxy) is 2. The van der Waals surface area contributed by atoms with Gasteiger partial charge >= 0.3 is 5.97 Å². The molecule has 238 valence electrons. The van der Waals surface area contributed by atoms with Gasteiger partial charge in [0.05, 0.1) is 12.2 Å². The Labute approximate surface area is 250 Å². The standard InChI is InChI=1S/C31H53N5O6/c1-20(37)17-35-18-24-7-6-23(15-25(24)19-36-31(32)33-3)29(40)16-27(41-21(2)38)8-4-22-5-9-28(39)30(14-22)42-26-10-12-34-13-11-26/h5,9,14,20,23-27,29,34-35,37,39-40H,4,6-8,10-13,15-19H2,1-3H3,(H3,32,33,36). The van der Waals surface area contributed by atoms with Crippen molar-refractivity contribution >= 4 is 11.9 Å². The van der Waals surface area contributed by atoms with Crippen molar-refractivity contribution in [2.24, 2.45) is 28.5 Å². The molecule has 0 bridgehead atoms. The Kier molecular flexibility index (Phi) is 14.1. The molecule has 1 saturated carbocycles. The lowest BCUT2D eigenvalue weighted by atomic mass is 9.71. The summed E-state index contributed by atoms with van der Waals surface area (Å²) in [6.07, 6.45) is 4.59. The molecule has 1 aliphatic heterocycles. The van der Waals surface area contributed by atoms with Crippen LogP contribution in [0.25, 0.3) is 0 Å². The van der Waals surface area contributed by atoms with Crippen LogP contribution in [0.3, 0.4) is 0 Å². The highest BCUT2D eigenvalue weighted by Crippen LogP contribution is 2.37. The molecule has 42 heavy (non-hydrogen) atoms. The first kappa shape index (κ1) is 33.9. The van der Waals surface area contributed by atoms with E-state index in [4.69, 9.17) is 15.2 Å². The summed E-state index contributed by atoms with van der Waals surface area (Å²) in [6.45, 7) is 6.95. The molecule has 1 aliphatic carbocycles. The zero-order valence-corrected chi connectivity index (χ0v) is 25.6. The van der Waals surface area contributed by atoms with Gasteiger partial charge in [0.1, 0.15) is 12.2 Å². The Bertz CT molecular complexity index is 987. The molecule has 2 fully saturated rings. The van der Waals surface area contributed by atoms with Crippen molar-refractivity contribution < 1.29 is 29.6 Å². The monoisotopic (exact) mass is 591 g/mol. The summed E-state index contributed by atoms with van der Waals surface area (Å²) in [4.78, 5) is 15.9. The minimum Gasteiger partial charge on any atom is -0.504 e. The normalized spacial score (nSPS) is 24.0. The number of nitrogens with one attached hydrogen (secondary N) is 3. The summed E-state index contributed by atoms with van der Waals surface area (Å²) < 4.78 is 11.7. The Hall–Kier alpha value is -2.60. The molecule has 0 radical (unpaired) electrons. The molecule has 0 amide bonds. The Morgan fingerprint density at radius 3 is 2.62 bits per heavy atom. The van der Waals surface area contributed by atoms with E-state index in [2.05, 4.69) is 20.9 Å². The molecular weight excluding hydrogens is 538 g/mol. The van der Waals surface area contributed by atoms with Gasteiger partial charge in [0, 0.05) is 33.5 Å². The Balaban J connectivity index is 1.59. The van der Waals surface area contributed by atoms with Gasteiger partial charge in [0.25, 0.3) is 0 Å². The summed E-state index contributed by atoms with van der Waals surface area (Å²) in [5.74, 6) is 1.35. The zero-order chi connectivity index (χ0) is 30.5. The number of hydrogen-bond acceptors (Lipinski definition) is 9. The minimum atomic E-state index is -0.612. The number of rotatable bonds is 15. The first-order chi connectivity index (χ1) is 20.1. The lowest BCUT2D eigenvalue weighted by molar-refractivity contribution is -0.148. The molecule has 1 aromatic rings. The highest BCUT2D eigenvalue weighted by Gasteiger charge is 2.35. The van der Waals surface area contributed by atoms with Gasteiger partial charge in [-0.3, -0.25) is 9.79 Å². The van der Waals surface area contributed by atoms with Crippen molar-refractivity contribution in [2.75, 3.05) is 39.8 Å². The lowest BCUT2D eigenvalue weighted by Crippen LogP contribution is -2.44. The third-order valence-corrected chi connectivity index (χ3v) is 8.55. The topological polar surface area (TPSA) is 171 Å². The number of aromatic hydroxyl groups is 1. The molecule has 0 aromatic heterocycles. The number of esters is 1. The van der Waals surface area contributed by atoms with Crippen LogP contribution in [0.1, 0.15) is 64.4 Å². The lowest BCUT2D eigenvalue weighted by Gasteiger charge is -2.39. The largest absolute Gasteiger partial charge is 0.504 e. The van der Waals surface area contributed by atoms with Crippen LogP contribution in [0, 0.1) is 17.8 Å². The molecule has 6 unspecified atom stereocenters.